The highest BCUT2D eigenvalue weighted by molar-refractivity contribution is 6.34. The van der Waals surface area contributed by atoms with Crippen LogP contribution in [0.3, 0.4) is 0 Å². The highest BCUT2D eigenvalue weighted by atomic mass is 35.5. The number of methoxy groups -OCH3 is 1. The second-order valence-electron chi connectivity index (χ2n) is 9.22. The number of alkyl carbamates (subject to hydrolysis) is 1. The summed E-state index contributed by atoms with van der Waals surface area (Å²) in [5.41, 5.74) is 0.284. The SMILES string of the molecule is CCN1CCN(c2c(Cl)cc3nc(C(=O)C4(C)CCC(NC(=O)OC)CC4)[nH]c3c2F)CC1. The van der Waals surface area contributed by atoms with E-state index in [1.165, 1.54) is 7.11 Å². The lowest BCUT2D eigenvalue weighted by Gasteiger charge is -2.36. The number of fused-ring (bicyclic) bond motifs is 1. The number of Topliss-reactive ketones (excluding diaryl/α,β-unsaturated/α-hetero) is 1. The summed E-state index contributed by atoms with van der Waals surface area (Å²) in [5, 5.41) is 3.10. The number of rotatable bonds is 5. The van der Waals surface area contributed by atoms with Gasteiger partial charge in [0, 0.05) is 37.6 Å². The van der Waals surface area contributed by atoms with Crippen molar-refractivity contribution >= 4 is 40.2 Å². The average Bonchev–Trinajstić information content (AvgIpc) is 3.24. The summed E-state index contributed by atoms with van der Waals surface area (Å²) in [6, 6.07) is 1.61. The van der Waals surface area contributed by atoms with Gasteiger partial charge in [-0.1, -0.05) is 25.4 Å². The normalized spacial score (nSPS) is 24.2. The average molecular weight is 480 g/mol. The van der Waals surface area contributed by atoms with Crippen LogP contribution in [0.25, 0.3) is 11.0 Å². The molecule has 1 aromatic carbocycles. The molecule has 1 aliphatic heterocycles. The molecule has 2 aliphatic rings. The number of H-pyrrole nitrogens is 1. The second kappa shape index (κ2) is 9.46. The maximum Gasteiger partial charge on any atom is 0.407 e. The van der Waals surface area contributed by atoms with E-state index in [4.69, 9.17) is 11.6 Å². The van der Waals surface area contributed by atoms with Crippen LogP contribution in [-0.4, -0.2) is 72.6 Å². The Labute approximate surface area is 197 Å². The zero-order chi connectivity index (χ0) is 23.8. The summed E-state index contributed by atoms with van der Waals surface area (Å²) >= 11 is 6.47. The van der Waals surface area contributed by atoms with Crippen molar-refractivity contribution in [3.05, 3.63) is 22.7 Å². The number of anilines is 1. The van der Waals surface area contributed by atoms with Crippen LogP contribution in [0.15, 0.2) is 6.07 Å². The Morgan fingerprint density at radius 1 is 1.30 bits per heavy atom. The summed E-state index contributed by atoms with van der Waals surface area (Å²) in [6.45, 7) is 8.05. The van der Waals surface area contributed by atoms with Crippen molar-refractivity contribution < 1.29 is 18.7 Å². The molecule has 2 heterocycles. The molecule has 8 nitrogen and oxygen atoms in total. The van der Waals surface area contributed by atoms with Crippen molar-refractivity contribution in [3.8, 4) is 0 Å². The number of amides is 1. The van der Waals surface area contributed by atoms with Crippen LogP contribution < -0.4 is 10.2 Å². The number of piperazine rings is 1. The Morgan fingerprint density at radius 3 is 2.58 bits per heavy atom. The second-order valence-corrected chi connectivity index (χ2v) is 9.63. The van der Waals surface area contributed by atoms with E-state index in [2.05, 4.69) is 31.8 Å². The lowest BCUT2D eigenvalue weighted by atomic mass is 9.71. The minimum atomic E-state index is -0.637. The summed E-state index contributed by atoms with van der Waals surface area (Å²) < 4.78 is 20.2. The molecule has 0 bridgehead atoms. The van der Waals surface area contributed by atoms with Gasteiger partial charge in [0.05, 0.1) is 23.3 Å². The van der Waals surface area contributed by atoms with Crippen LogP contribution in [0, 0.1) is 11.2 Å². The highest BCUT2D eigenvalue weighted by Crippen LogP contribution is 2.40. The van der Waals surface area contributed by atoms with Gasteiger partial charge in [0.2, 0.25) is 5.78 Å². The molecule has 1 aliphatic carbocycles. The maximum absolute atomic E-state index is 15.5. The third-order valence-electron chi connectivity index (χ3n) is 7.14. The molecule has 180 valence electrons. The molecule has 0 atom stereocenters. The Morgan fingerprint density at radius 2 is 1.97 bits per heavy atom. The summed E-state index contributed by atoms with van der Waals surface area (Å²) in [7, 11) is 1.33. The third-order valence-corrected chi connectivity index (χ3v) is 7.43. The molecule has 1 amide bonds. The van der Waals surface area contributed by atoms with Crippen molar-refractivity contribution in [1.29, 1.82) is 0 Å². The predicted molar refractivity (Wildman–Crippen MR) is 126 cm³/mol. The number of hydrogen-bond donors (Lipinski definition) is 2. The van der Waals surface area contributed by atoms with Gasteiger partial charge in [0.25, 0.3) is 0 Å². The van der Waals surface area contributed by atoms with E-state index in [1.54, 1.807) is 6.07 Å². The summed E-state index contributed by atoms with van der Waals surface area (Å²) in [5.74, 6) is -0.469. The Bertz CT molecular complexity index is 1040. The lowest BCUT2D eigenvalue weighted by Crippen LogP contribution is -2.46. The van der Waals surface area contributed by atoms with Gasteiger partial charge in [-0.25, -0.2) is 14.2 Å². The molecule has 33 heavy (non-hydrogen) atoms. The standard InChI is InChI=1S/C23H31ClFN5O3/c1-4-29-9-11-30(12-10-29)19-15(24)13-16-18(17(19)25)28-21(27-16)20(31)23(2)7-5-14(6-8-23)26-22(32)33-3/h13-14H,4-12H2,1-3H3,(H,26,32)(H,27,28). The third kappa shape index (κ3) is 4.66. The van der Waals surface area contributed by atoms with E-state index in [1.807, 2.05) is 11.8 Å². The number of carbonyl (C=O) groups excluding carboxylic acids is 2. The van der Waals surface area contributed by atoms with Gasteiger partial charge in [-0.15, -0.1) is 0 Å². The number of carbonyl (C=O) groups is 2. The first-order chi connectivity index (χ1) is 15.8. The number of imidazole rings is 1. The fraction of sp³-hybridized carbons (Fsp3) is 0.609. The molecule has 10 heteroatoms. The first-order valence-electron chi connectivity index (χ1n) is 11.5. The van der Waals surface area contributed by atoms with E-state index in [0.29, 0.717) is 55.0 Å². The summed E-state index contributed by atoms with van der Waals surface area (Å²) in [6.07, 6.45) is 2.03. The molecule has 2 aromatic rings. The molecule has 1 saturated heterocycles. The van der Waals surface area contributed by atoms with Crippen molar-refractivity contribution in [2.75, 3.05) is 44.7 Å². The molecule has 0 radical (unpaired) electrons. The number of halogens is 2. The number of hydrogen-bond acceptors (Lipinski definition) is 6. The first kappa shape index (κ1) is 23.8. The van der Waals surface area contributed by atoms with Gasteiger partial charge in [0.1, 0.15) is 5.52 Å². The van der Waals surface area contributed by atoms with Crippen molar-refractivity contribution in [1.82, 2.24) is 20.2 Å². The smallest absolute Gasteiger partial charge is 0.407 e. The number of benzene rings is 1. The molecule has 0 unspecified atom stereocenters. The fourth-order valence-electron chi connectivity index (χ4n) is 4.89. The molecule has 1 saturated carbocycles. The number of nitrogens with one attached hydrogen (secondary N) is 2. The minimum absolute atomic E-state index is 0.0269. The fourth-order valence-corrected chi connectivity index (χ4v) is 5.20. The van der Waals surface area contributed by atoms with E-state index < -0.39 is 17.3 Å². The largest absolute Gasteiger partial charge is 0.453 e. The number of ketones is 1. The maximum atomic E-state index is 15.5. The number of aromatic amines is 1. The molecular formula is C23H31ClFN5O3. The van der Waals surface area contributed by atoms with Gasteiger partial charge < -0.3 is 24.8 Å². The number of aromatic nitrogens is 2. The van der Waals surface area contributed by atoms with Gasteiger partial charge in [-0.2, -0.15) is 0 Å². The van der Waals surface area contributed by atoms with E-state index in [9.17, 15) is 9.59 Å². The van der Waals surface area contributed by atoms with Crippen LogP contribution in [0.5, 0.6) is 0 Å². The van der Waals surface area contributed by atoms with E-state index >= 15 is 4.39 Å². The quantitative estimate of drug-likeness (QED) is 0.630. The molecule has 2 fully saturated rings. The number of ether oxygens (including phenoxy) is 1. The van der Waals surface area contributed by atoms with E-state index in [0.717, 1.165) is 19.6 Å². The molecule has 2 N–H and O–H groups in total. The molecule has 4 rings (SSSR count). The Kier molecular flexibility index (Phi) is 6.81. The predicted octanol–water partition coefficient (Wildman–Crippen LogP) is 3.98. The zero-order valence-corrected chi connectivity index (χ0v) is 20.1. The van der Waals surface area contributed by atoms with Crippen LogP contribution in [-0.2, 0) is 4.74 Å². The van der Waals surface area contributed by atoms with Gasteiger partial charge in [0.15, 0.2) is 11.6 Å². The molecule has 1 aromatic heterocycles. The van der Waals surface area contributed by atoms with E-state index in [-0.39, 0.29) is 23.2 Å². The monoisotopic (exact) mass is 479 g/mol. The van der Waals surface area contributed by atoms with Crippen LogP contribution in [0.2, 0.25) is 5.02 Å². The Hall–Kier alpha value is -2.39. The molecule has 0 spiro atoms. The summed E-state index contributed by atoms with van der Waals surface area (Å²) in [4.78, 5) is 36.4. The zero-order valence-electron chi connectivity index (χ0n) is 19.3. The van der Waals surface area contributed by atoms with Crippen molar-refractivity contribution in [2.24, 2.45) is 5.41 Å². The lowest BCUT2D eigenvalue weighted by molar-refractivity contribution is 0.0715. The number of likely N-dealkylation sites (N-methyl/N-ethyl adjacent to an activating group) is 1. The van der Waals surface area contributed by atoms with Crippen LogP contribution >= 0.6 is 11.6 Å². The topological polar surface area (TPSA) is 90.6 Å². The number of nitrogens with zero attached hydrogens (tertiary/aromatic N) is 3. The van der Waals surface area contributed by atoms with Crippen LogP contribution in [0.4, 0.5) is 14.9 Å². The Balaban J connectivity index is 1.54. The van der Waals surface area contributed by atoms with Crippen molar-refractivity contribution in [2.45, 2.75) is 45.6 Å². The van der Waals surface area contributed by atoms with Gasteiger partial charge in [-0.05, 0) is 38.3 Å². The minimum Gasteiger partial charge on any atom is -0.453 e. The van der Waals surface area contributed by atoms with Crippen molar-refractivity contribution in [3.63, 3.8) is 0 Å². The van der Waals surface area contributed by atoms with Gasteiger partial charge >= 0.3 is 6.09 Å². The van der Waals surface area contributed by atoms with Gasteiger partial charge in [-0.3, -0.25) is 4.79 Å². The highest BCUT2D eigenvalue weighted by Gasteiger charge is 2.40. The first-order valence-corrected chi connectivity index (χ1v) is 11.9. The molecular weight excluding hydrogens is 449 g/mol. The van der Waals surface area contributed by atoms with Crippen LogP contribution in [0.1, 0.15) is 50.1 Å².